The smallest absolute Gasteiger partial charge is 0.343 e. The van der Waals surface area contributed by atoms with Crippen LogP contribution >= 0.6 is 0 Å². The van der Waals surface area contributed by atoms with Gasteiger partial charge in [-0.05, 0) is 96.8 Å². The first kappa shape index (κ1) is 28.5. The van der Waals surface area contributed by atoms with Gasteiger partial charge in [0.05, 0.1) is 38.6 Å². The number of benzene rings is 4. The van der Waals surface area contributed by atoms with Gasteiger partial charge in [-0.1, -0.05) is 19.1 Å². The highest BCUT2D eigenvalue weighted by Crippen LogP contribution is 2.47. The SMILES string of the molecule is CCOc1ccc(C(=O)Oc2ccc3c(c2)C(C)c2cc(OC(=O)c4ccc(OC)c(OC)c4)ccc2-3)cc1OCC. The van der Waals surface area contributed by atoms with Crippen molar-refractivity contribution in [2.24, 2.45) is 0 Å². The highest BCUT2D eigenvalue weighted by Gasteiger charge is 2.27. The molecule has 0 saturated carbocycles. The summed E-state index contributed by atoms with van der Waals surface area (Å²) in [5.74, 6) is 1.90. The van der Waals surface area contributed by atoms with Crippen LogP contribution < -0.4 is 28.4 Å². The van der Waals surface area contributed by atoms with Crippen LogP contribution in [-0.4, -0.2) is 39.4 Å². The minimum atomic E-state index is -0.505. The maximum absolute atomic E-state index is 13.0. The molecule has 0 aromatic heterocycles. The predicted molar refractivity (Wildman–Crippen MR) is 158 cm³/mol. The number of methoxy groups -OCH3 is 2. The Morgan fingerprint density at radius 1 is 0.595 bits per heavy atom. The summed E-state index contributed by atoms with van der Waals surface area (Å²) in [7, 11) is 3.05. The maximum atomic E-state index is 13.0. The molecule has 8 heteroatoms. The van der Waals surface area contributed by atoms with Gasteiger partial charge in [-0.25, -0.2) is 9.59 Å². The van der Waals surface area contributed by atoms with E-state index in [9.17, 15) is 9.59 Å². The standard InChI is InChI=1S/C34H32O8/c1-6-39-30-15-9-22(17-32(30)40-7-2)34(36)42-24-11-13-26-25-12-10-23(18-27(25)20(3)28(26)19-24)41-33(35)21-8-14-29(37-4)31(16-21)38-5/h8-20H,6-7H2,1-5H3. The molecule has 0 saturated heterocycles. The first-order chi connectivity index (χ1) is 20.4. The summed E-state index contributed by atoms with van der Waals surface area (Å²) in [4.78, 5) is 25.9. The molecular formula is C34H32O8. The van der Waals surface area contributed by atoms with Gasteiger partial charge in [0, 0.05) is 5.92 Å². The van der Waals surface area contributed by atoms with E-state index >= 15 is 0 Å². The molecule has 1 unspecified atom stereocenters. The second-order valence-electron chi connectivity index (χ2n) is 9.60. The second-order valence-corrected chi connectivity index (χ2v) is 9.60. The number of carbonyl (C=O) groups is 2. The molecule has 8 nitrogen and oxygen atoms in total. The van der Waals surface area contributed by atoms with Gasteiger partial charge in [-0.3, -0.25) is 0 Å². The zero-order chi connectivity index (χ0) is 29.8. The van der Waals surface area contributed by atoms with Crippen molar-refractivity contribution in [2.75, 3.05) is 27.4 Å². The van der Waals surface area contributed by atoms with Crippen LogP contribution in [0.4, 0.5) is 0 Å². The monoisotopic (exact) mass is 568 g/mol. The fourth-order valence-electron chi connectivity index (χ4n) is 5.06. The van der Waals surface area contributed by atoms with Crippen LogP contribution in [0, 0.1) is 0 Å². The van der Waals surface area contributed by atoms with Gasteiger partial charge in [0.1, 0.15) is 11.5 Å². The molecule has 0 bridgehead atoms. The van der Waals surface area contributed by atoms with Crippen molar-refractivity contribution in [3.05, 3.63) is 95.1 Å². The third-order valence-corrected chi connectivity index (χ3v) is 7.09. The van der Waals surface area contributed by atoms with Crippen molar-refractivity contribution >= 4 is 11.9 Å². The van der Waals surface area contributed by atoms with E-state index in [0.29, 0.717) is 58.8 Å². The first-order valence-corrected chi connectivity index (χ1v) is 13.7. The van der Waals surface area contributed by atoms with Crippen LogP contribution in [0.3, 0.4) is 0 Å². The lowest BCUT2D eigenvalue weighted by molar-refractivity contribution is 0.0724. The van der Waals surface area contributed by atoms with E-state index in [2.05, 4.69) is 6.92 Å². The molecule has 4 aromatic carbocycles. The molecule has 0 amide bonds. The summed E-state index contributed by atoms with van der Waals surface area (Å²) in [5, 5.41) is 0. The fourth-order valence-corrected chi connectivity index (χ4v) is 5.06. The predicted octanol–water partition coefficient (Wildman–Crippen LogP) is 7.07. The lowest BCUT2D eigenvalue weighted by atomic mass is 9.99. The highest BCUT2D eigenvalue weighted by molar-refractivity contribution is 5.93. The Hall–Kier alpha value is -4.98. The van der Waals surface area contributed by atoms with Gasteiger partial charge < -0.3 is 28.4 Å². The van der Waals surface area contributed by atoms with Crippen molar-refractivity contribution in [1.82, 2.24) is 0 Å². The molecule has 0 aliphatic heterocycles. The summed E-state index contributed by atoms with van der Waals surface area (Å²) in [6, 6.07) is 21.1. The third-order valence-electron chi connectivity index (χ3n) is 7.09. The Kier molecular flexibility index (Phi) is 8.33. The Balaban J connectivity index is 1.32. The molecule has 42 heavy (non-hydrogen) atoms. The molecule has 1 atom stereocenters. The quantitative estimate of drug-likeness (QED) is 0.148. The zero-order valence-electron chi connectivity index (χ0n) is 24.2. The molecule has 4 aromatic rings. The van der Waals surface area contributed by atoms with E-state index in [0.717, 1.165) is 22.3 Å². The summed E-state index contributed by atoms with van der Waals surface area (Å²) in [5.41, 5.74) is 4.81. The first-order valence-electron chi connectivity index (χ1n) is 13.7. The molecule has 5 rings (SSSR count). The van der Waals surface area contributed by atoms with Crippen LogP contribution in [0.2, 0.25) is 0 Å². The number of hydrogen-bond acceptors (Lipinski definition) is 8. The third kappa shape index (κ3) is 5.61. The van der Waals surface area contributed by atoms with Crippen LogP contribution in [0.15, 0.2) is 72.8 Å². The number of ether oxygens (including phenoxy) is 6. The van der Waals surface area contributed by atoms with Crippen LogP contribution in [0.5, 0.6) is 34.5 Å². The highest BCUT2D eigenvalue weighted by atomic mass is 16.5. The van der Waals surface area contributed by atoms with E-state index in [4.69, 9.17) is 28.4 Å². The molecule has 0 spiro atoms. The Bertz CT molecular complexity index is 1640. The van der Waals surface area contributed by atoms with Gasteiger partial charge in [-0.2, -0.15) is 0 Å². The van der Waals surface area contributed by atoms with Crippen molar-refractivity contribution in [2.45, 2.75) is 26.7 Å². The molecule has 0 N–H and O–H groups in total. The molecule has 0 radical (unpaired) electrons. The average Bonchev–Trinajstić information content (AvgIpc) is 3.28. The van der Waals surface area contributed by atoms with E-state index in [1.165, 1.54) is 14.2 Å². The average molecular weight is 569 g/mol. The van der Waals surface area contributed by atoms with Gasteiger partial charge in [0.25, 0.3) is 0 Å². The molecular weight excluding hydrogens is 536 g/mol. The number of hydrogen-bond donors (Lipinski definition) is 0. The second kappa shape index (κ2) is 12.3. The Morgan fingerprint density at radius 3 is 1.57 bits per heavy atom. The Morgan fingerprint density at radius 2 is 1.07 bits per heavy atom. The Labute approximate surface area is 244 Å². The van der Waals surface area contributed by atoms with Crippen LogP contribution in [0.25, 0.3) is 11.1 Å². The molecule has 216 valence electrons. The summed E-state index contributed by atoms with van der Waals surface area (Å²) >= 11 is 0. The topological polar surface area (TPSA) is 89.5 Å². The van der Waals surface area contributed by atoms with Crippen LogP contribution in [0.1, 0.15) is 58.5 Å². The van der Waals surface area contributed by atoms with Gasteiger partial charge >= 0.3 is 11.9 Å². The normalized spacial score (nSPS) is 13.0. The minimum absolute atomic E-state index is 0.0107. The summed E-state index contributed by atoms with van der Waals surface area (Å²) in [6.07, 6.45) is 0. The summed E-state index contributed by atoms with van der Waals surface area (Å²) in [6.45, 7) is 6.76. The van der Waals surface area contributed by atoms with Crippen molar-refractivity contribution in [3.63, 3.8) is 0 Å². The molecule has 0 heterocycles. The minimum Gasteiger partial charge on any atom is -0.493 e. The van der Waals surface area contributed by atoms with Crippen LogP contribution in [-0.2, 0) is 0 Å². The molecule has 1 aliphatic carbocycles. The molecule has 1 aliphatic rings. The van der Waals surface area contributed by atoms with Crippen molar-refractivity contribution in [3.8, 4) is 45.6 Å². The summed E-state index contributed by atoms with van der Waals surface area (Å²) < 4.78 is 33.2. The van der Waals surface area contributed by atoms with Gasteiger partial charge in [0.15, 0.2) is 23.0 Å². The lowest BCUT2D eigenvalue weighted by Gasteiger charge is -2.13. The van der Waals surface area contributed by atoms with Gasteiger partial charge in [-0.15, -0.1) is 0 Å². The molecule has 0 fully saturated rings. The number of rotatable bonds is 10. The van der Waals surface area contributed by atoms with Crippen molar-refractivity contribution < 1.29 is 38.0 Å². The largest absolute Gasteiger partial charge is 0.493 e. The zero-order valence-corrected chi connectivity index (χ0v) is 24.2. The number of fused-ring (bicyclic) bond motifs is 3. The van der Waals surface area contributed by atoms with Gasteiger partial charge in [0.2, 0.25) is 0 Å². The van der Waals surface area contributed by atoms with E-state index in [-0.39, 0.29) is 5.92 Å². The van der Waals surface area contributed by atoms with Crippen molar-refractivity contribution in [1.29, 1.82) is 0 Å². The van der Waals surface area contributed by atoms with E-state index < -0.39 is 11.9 Å². The number of carbonyl (C=O) groups excluding carboxylic acids is 2. The van der Waals surface area contributed by atoms with E-state index in [1.54, 1.807) is 48.5 Å². The lowest BCUT2D eigenvalue weighted by Crippen LogP contribution is -2.10. The number of esters is 2. The maximum Gasteiger partial charge on any atom is 0.343 e. The fraction of sp³-hybridized carbons (Fsp3) is 0.235. The van der Waals surface area contributed by atoms with E-state index in [1.807, 2.05) is 38.1 Å².